The van der Waals surface area contributed by atoms with E-state index in [1.165, 1.54) is 24.3 Å². The van der Waals surface area contributed by atoms with E-state index < -0.39 is 0 Å². The van der Waals surface area contributed by atoms with Crippen LogP contribution in [0.5, 0.6) is 5.75 Å². The van der Waals surface area contributed by atoms with Crippen molar-refractivity contribution in [1.29, 1.82) is 0 Å². The standard InChI is InChI=1S/C31H34O3/c1-30(2)18-19-31(3,4)28-26(30)16-15-25(29(28)34-21-23-10-7-6-8-11-23)24-13-9-12-22(20-24)14-17-27(32)33-5/h6-17,20H,18-19,21H2,1-5H3/b17-14+. The Hall–Kier alpha value is -3.33. The molecule has 0 saturated heterocycles. The number of hydrogen-bond donors (Lipinski definition) is 0. The predicted molar refractivity (Wildman–Crippen MR) is 139 cm³/mol. The second kappa shape index (κ2) is 9.50. The average molecular weight is 455 g/mol. The van der Waals surface area contributed by atoms with E-state index in [0.717, 1.165) is 40.8 Å². The highest BCUT2D eigenvalue weighted by Crippen LogP contribution is 2.52. The van der Waals surface area contributed by atoms with Crippen molar-refractivity contribution in [2.45, 2.75) is 58.0 Å². The fourth-order valence-corrected chi connectivity index (χ4v) is 4.85. The highest BCUT2D eigenvalue weighted by molar-refractivity contribution is 5.87. The second-order valence-corrected chi connectivity index (χ2v) is 10.4. The predicted octanol–water partition coefficient (Wildman–Crippen LogP) is 7.47. The van der Waals surface area contributed by atoms with Crippen LogP contribution in [0.25, 0.3) is 17.2 Å². The van der Waals surface area contributed by atoms with Crippen LogP contribution >= 0.6 is 0 Å². The second-order valence-electron chi connectivity index (χ2n) is 10.4. The topological polar surface area (TPSA) is 35.5 Å². The van der Waals surface area contributed by atoms with E-state index in [4.69, 9.17) is 9.47 Å². The number of fused-ring (bicyclic) bond motifs is 1. The molecule has 3 aromatic rings. The number of benzene rings is 3. The molecule has 1 aliphatic rings. The van der Waals surface area contributed by atoms with Gasteiger partial charge in [-0.2, -0.15) is 0 Å². The normalized spacial score (nSPS) is 16.1. The Morgan fingerprint density at radius 2 is 1.65 bits per heavy atom. The number of hydrogen-bond acceptors (Lipinski definition) is 3. The fraction of sp³-hybridized carbons (Fsp3) is 0.323. The summed E-state index contributed by atoms with van der Waals surface area (Å²) < 4.78 is 11.4. The van der Waals surface area contributed by atoms with Gasteiger partial charge in [0.2, 0.25) is 0 Å². The maximum Gasteiger partial charge on any atom is 0.330 e. The Morgan fingerprint density at radius 3 is 2.38 bits per heavy atom. The maximum absolute atomic E-state index is 11.6. The van der Waals surface area contributed by atoms with Crippen LogP contribution in [0.2, 0.25) is 0 Å². The zero-order valence-electron chi connectivity index (χ0n) is 20.9. The largest absolute Gasteiger partial charge is 0.488 e. The van der Waals surface area contributed by atoms with Crippen molar-refractivity contribution in [3.63, 3.8) is 0 Å². The molecule has 0 amide bonds. The van der Waals surface area contributed by atoms with Gasteiger partial charge in [-0.05, 0) is 58.1 Å². The first-order chi connectivity index (χ1) is 16.2. The highest BCUT2D eigenvalue weighted by atomic mass is 16.5. The monoisotopic (exact) mass is 454 g/mol. The first-order valence-electron chi connectivity index (χ1n) is 11.9. The van der Waals surface area contributed by atoms with Gasteiger partial charge < -0.3 is 9.47 Å². The minimum Gasteiger partial charge on any atom is -0.488 e. The fourth-order valence-electron chi connectivity index (χ4n) is 4.85. The number of ether oxygens (including phenoxy) is 2. The molecule has 0 atom stereocenters. The SMILES string of the molecule is COC(=O)/C=C/c1cccc(-c2ccc3c(c2OCc2ccccc2)C(C)(C)CCC3(C)C)c1. The maximum atomic E-state index is 11.6. The molecule has 0 fully saturated rings. The number of rotatable bonds is 6. The minimum atomic E-state index is -0.366. The van der Waals surface area contributed by atoms with Crippen LogP contribution in [0.1, 0.15) is 62.8 Å². The van der Waals surface area contributed by atoms with Gasteiger partial charge in [0.15, 0.2) is 0 Å². The first-order valence-corrected chi connectivity index (χ1v) is 11.9. The van der Waals surface area contributed by atoms with Gasteiger partial charge in [-0.1, -0.05) is 88.4 Å². The molecule has 3 nitrogen and oxygen atoms in total. The quantitative estimate of drug-likeness (QED) is 0.286. The molecule has 0 unspecified atom stereocenters. The molecule has 0 spiro atoms. The minimum absolute atomic E-state index is 0.00921. The molecule has 34 heavy (non-hydrogen) atoms. The lowest BCUT2D eigenvalue weighted by Crippen LogP contribution is -2.34. The van der Waals surface area contributed by atoms with E-state index in [0.29, 0.717) is 6.61 Å². The van der Waals surface area contributed by atoms with Crippen molar-refractivity contribution < 1.29 is 14.3 Å². The molecule has 176 valence electrons. The van der Waals surface area contributed by atoms with Gasteiger partial charge in [0, 0.05) is 17.2 Å². The number of carbonyl (C=O) groups excluding carboxylic acids is 1. The van der Waals surface area contributed by atoms with E-state index in [9.17, 15) is 4.79 Å². The third kappa shape index (κ3) is 4.94. The number of methoxy groups -OCH3 is 1. The summed E-state index contributed by atoms with van der Waals surface area (Å²) in [5.74, 6) is 0.600. The lowest BCUT2D eigenvalue weighted by molar-refractivity contribution is -0.134. The molecule has 0 saturated carbocycles. The van der Waals surface area contributed by atoms with E-state index in [1.807, 2.05) is 30.3 Å². The summed E-state index contributed by atoms with van der Waals surface area (Å²) in [5.41, 5.74) is 7.02. The highest BCUT2D eigenvalue weighted by Gasteiger charge is 2.40. The van der Waals surface area contributed by atoms with Gasteiger partial charge >= 0.3 is 5.97 Å². The molecule has 4 rings (SSSR count). The van der Waals surface area contributed by atoms with Gasteiger partial charge in [-0.3, -0.25) is 0 Å². The lowest BCUT2D eigenvalue weighted by atomic mass is 9.62. The summed E-state index contributed by atoms with van der Waals surface area (Å²) in [5, 5.41) is 0. The van der Waals surface area contributed by atoms with Crippen molar-refractivity contribution in [3.8, 4) is 16.9 Å². The van der Waals surface area contributed by atoms with Crippen molar-refractivity contribution in [1.82, 2.24) is 0 Å². The van der Waals surface area contributed by atoms with Gasteiger partial charge in [0.25, 0.3) is 0 Å². The summed E-state index contributed by atoms with van der Waals surface area (Å²) in [6, 6.07) is 23.0. The summed E-state index contributed by atoms with van der Waals surface area (Å²) in [6.45, 7) is 9.84. The molecule has 0 bridgehead atoms. The third-order valence-corrected chi connectivity index (χ3v) is 6.98. The van der Waals surface area contributed by atoms with Crippen LogP contribution in [0.3, 0.4) is 0 Å². The molecule has 0 aliphatic heterocycles. The summed E-state index contributed by atoms with van der Waals surface area (Å²) in [6.07, 6.45) is 5.49. The van der Waals surface area contributed by atoms with Gasteiger partial charge in [-0.25, -0.2) is 4.79 Å². The summed E-state index contributed by atoms with van der Waals surface area (Å²) >= 11 is 0. The van der Waals surface area contributed by atoms with E-state index in [-0.39, 0.29) is 16.8 Å². The van der Waals surface area contributed by atoms with Crippen LogP contribution in [0.4, 0.5) is 0 Å². The van der Waals surface area contributed by atoms with Crippen LogP contribution in [0.15, 0.2) is 72.8 Å². The van der Waals surface area contributed by atoms with Crippen LogP contribution in [-0.4, -0.2) is 13.1 Å². The van der Waals surface area contributed by atoms with E-state index >= 15 is 0 Å². The molecule has 3 aromatic carbocycles. The van der Waals surface area contributed by atoms with Crippen LogP contribution < -0.4 is 4.74 Å². The molecule has 0 aromatic heterocycles. The Bertz CT molecular complexity index is 1200. The smallest absolute Gasteiger partial charge is 0.330 e. The van der Waals surface area contributed by atoms with Gasteiger partial charge in [0.1, 0.15) is 12.4 Å². The van der Waals surface area contributed by atoms with Crippen molar-refractivity contribution >= 4 is 12.0 Å². The molecule has 0 N–H and O–H groups in total. The molecular weight excluding hydrogens is 420 g/mol. The van der Waals surface area contributed by atoms with Gasteiger partial charge in [-0.15, -0.1) is 0 Å². The summed E-state index contributed by atoms with van der Waals surface area (Å²) in [7, 11) is 1.38. The Balaban J connectivity index is 1.85. The molecule has 0 radical (unpaired) electrons. The Labute approximate surface area is 203 Å². The molecular formula is C31H34O3. The number of carbonyl (C=O) groups is 1. The molecule has 1 aliphatic carbocycles. The Morgan fingerprint density at radius 1 is 0.912 bits per heavy atom. The van der Waals surface area contributed by atoms with Crippen LogP contribution in [-0.2, 0) is 27.0 Å². The van der Waals surface area contributed by atoms with Crippen LogP contribution in [0, 0.1) is 0 Å². The lowest BCUT2D eigenvalue weighted by Gasteiger charge is -2.43. The molecule has 3 heteroatoms. The summed E-state index contributed by atoms with van der Waals surface area (Å²) in [4.78, 5) is 11.6. The first kappa shape index (κ1) is 23.8. The van der Waals surface area contributed by atoms with E-state index in [1.54, 1.807) is 6.08 Å². The Kier molecular flexibility index (Phi) is 6.65. The third-order valence-electron chi connectivity index (χ3n) is 6.98. The zero-order chi connectivity index (χ0) is 24.3. The van der Waals surface area contributed by atoms with Crippen molar-refractivity contribution in [2.75, 3.05) is 7.11 Å². The molecule has 0 heterocycles. The van der Waals surface area contributed by atoms with Crippen molar-refractivity contribution in [3.05, 3.63) is 95.1 Å². The van der Waals surface area contributed by atoms with E-state index in [2.05, 4.69) is 64.1 Å². The van der Waals surface area contributed by atoms with Gasteiger partial charge in [0.05, 0.1) is 7.11 Å². The number of esters is 1. The van der Waals surface area contributed by atoms with Crippen molar-refractivity contribution in [2.24, 2.45) is 0 Å². The average Bonchev–Trinajstić information content (AvgIpc) is 2.84. The zero-order valence-corrected chi connectivity index (χ0v) is 20.9.